The van der Waals surface area contributed by atoms with Crippen molar-refractivity contribution in [3.8, 4) is 0 Å². The summed E-state index contributed by atoms with van der Waals surface area (Å²) in [6, 6.07) is -0.494. The van der Waals surface area contributed by atoms with E-state index in [-0.39, 0.29) is 23.2 Å². The minimum atomic E-state index is -0.494. The van der Waals surface area contributed by atoms with Crippen molar-refractivity contribution in [2.45, 2.75) is 46.6 Å². The highest BCUT2D eigenvalue weighted by atomic mass is 16.5. The number of rotatable bonds is 3. The van der Waals surface area contributed by atoms with Crippen LogP contribution in [0.5, 0.6) is 0 Å². The number of carbonyl (C=O) groups excluding carboxylic acids is 2. The van der Waals surface area contributed by atoms with Crippen molar-refractivity contribution in [2.24, 2.45) is 17.1 Å². The molecule has 0 radical (unpaired) electrons. The van der Waals surface area contributed by atoms with Crippen LogP contribution in [-0.4, -0.2) is 42.5 Å². The van der Waals surface area contributed by atoms with Crippen LogP contribution >= 0.6 is 0 Å². The minimum absolute atomic E-state index is 0.0187. The fraction of sp³-hybridized carbons (Fsp3) is 0.857. The van der Waals surface area contributed by atoms with Crippen molar-refractivity contribution in [2.75, 3.05) is 19.7 Å². The number of nitrogens with zero attached hydrogens (tertiary/aromatic N) is 1. The number of hydrogen-bond donors (Lipinski definition) is 1. The zero-order valence-electron chi connectivity index (χ0n) is 12.4. The van der Waals surface area contributed by atoms with Crippen LogP contribution in [-0.2, 0) is 14.3 Å². The quantitative estimate of drug-likeness (QED) is 0.781. The van der Waals surface area contributed by atoms with E-state index < -0.39 is 6.04 Å². The monoisotopic (exact) mass is 270 g/mol. The molecule has 1 aliphatic rings. The van der Waals surface area contributed by atoms with E-state index in [1.165, 1.54) is 0 Å². The number of esters is 1. The summed E-state index contributed by atoms with van der Waals surface area (Å²) >= 11 is 0. The Kier molecular flexibility index (Phi) is 5.35. The highest BCUT2D eigenvalue weighted by Crippen LogP contribution is 2.23. The van der Waals surface area contributed by atoms with Crippen LogP contribution in [0.15, 0.2) is 0 Å². The number of nitrogens with two attached hydrogens (primary N) is 1. The molecule has 0 saturated carbocycles. The molecule has 0 aliphatic carbocycles. The zero-order valence-corrected chi connectivity index (χ0v) is 12.4. The molecule has 110 valence electrons. The molecule has 5 nitrogen and oxygen atoms in total. The van der Waals surface area contributed by atoms with Crippen LogP contribution in [0.2, 0.25) is 0 Å². The molecule has 0 aromatic heterocycles. The summed E-state index contributed by atoms with van der Waals surface area (Å²) in [7, 11) is 0. The number of likely N-dealkylation sites (tertiary alicyclic amines) is 1. The Balaban J connectivity index is 2.50. The van der Waals surface area contributed by atoms with Crippen LogP contribution in [0.25, 0.3) is 0 Å². The van der Waals surface area contributed by atoms with Crippen LogP contribution < -0.4 is 5.73 Å². The van der Waals surface area contributed by atoms with Crippen molar-refractivity contribution in [1.29, 1.82) is 0 Å². The Labute approximate surface area is 115 Å². The molecule has 1 unspecified atom stereocenters. The second-order valence-corrected chi connectivity index (χ2v) is 6.20. The van der Waals surface area contributed by atoms with Gasteiger partial charge in [-0.1, -0.05) is 20.8 Å². The van der Waals surface area contributed by atoms with Gasteiger partial charge >= 0.3 is 5.97 Å². The normalized spacial score (nSPS) is 19.1. The average Bonchev–Trinajstić information content (AvgIpc) is 2.36. The van der Waals surface area contributed by atoms with E-state index in [2.05, 4.69) is 0 Å². The number of amides is 1. The van der Waals surface area contributed by atoms with E-state index in [1.807, 2.05) is 20.8 Å². The maximum Gasteiger partial charge on any atom is 0.309 e. The molecule has 2 N–H and O–H groups in total. The third kappa shape index (κ3) is 4.20. The average molecular weight is 270 g/mol. The Morgan fingerprint density at radius 2 is 1.84 bits per heavy atom. The lowest BCUT2D eigenvalue weighted by Gasteiger charge is -2.35. The summed E-state index contributed by atoms with van der Waals surface area (Å²) < 4.78 is 5.01. The molecule has 0 aromatic carbocycles. The summed E-state index contributed by atoms with van der Waals surface area (Å²) in [5, 5.41) is 0. The molecule has 1 atom stereocenters. The van der Waals surface area contributed by atoms with Crippen molar-refractivity contribution in [3.63, 3.8) is 0 Å². The van der Waals surface area contributed by atoms with Gasteiger partial charge in [0.1, 0.15) is 0 Å². The predicted molar refractivity (Wildman–Crippen MR) is 73.4 cm³/mol. The Morgan fingerprint density at radius 1 is 1.32 bits per heavy atom. The van der Waals surface area contributed by atoms with Gasteiger partial charge < -0.3 is 15.4 Å². The highest BCUT2D eigenvalue weighted by Gasteiger charge is 2.34. The third-order valence-corrected chi connectivity index (χ3v) is 3.63. The molecule has 5 heteroatoms. The maximum atomic E-state index is 12.2. The van der Waals surface area contributed by atoms with Gasteiger partial charge in [0.2, 0.25) is 5.91 Å². The van der Waals surface area contributed by atoms with Gasteiger partial charge in [0.15, 0.2) is 0 Å². The Hall–Kier alpha value is -1.10. The lowest BCUT2D eigenvalue weighted by molar-refractivity contribution is -0.151. The first-order valence-electron chi connectivity index (χ1n) is 6.98. The van der Waals surface area contributed by atoms with E-state index in [1.54, 1.807) is 11.8 Å². The molecule has 1 saturated heterocycles. The smallest absolute Gasteiger partial charge is 0.309 e. The molecule has 1 rings (SSSR count). The van der Waals surface area contributed by atoms with Crippen molar-refractivity contribution >= 4 is 11.9 Å². The summed E-state index contributed by atoms with van der Waals surface area (Å²) in [4.78, 5) is 25.6. The molecular formula is C14H26N2O3. The van der Waals surface area contributed by atoms with Crippen molar-refractivity contribution < 1.29 is 14.3 Å². The number of piperidine rings is 1. The first kappa shape index (κ1) is 16.0. The number of carbonyl (C=O) groups is 2. The molecule has 0 spiro atoms. The predicted octanol–water partition coefficient (Wildman–Crippen LogP) is 1.16. The summed E-state index contributed by atoms with van der Waals surface area (Å²) in [5.74, 6) is -0.237. The van der Waals surface area contributed by atoms with Gasteiger partial charge in [0.25, 0.3) is 0 Å². The van der Waals surface area contributed by atoms with Crippen LogP contribution in [0.4, 0.5) is 0 Å². The largest absolute Gasteiger partial charge is 0.466 e. The number of hydrogen-bond acceptors (Lipinski definition) is 4. The fourth-order valence-electron chi connectivity index (χ4n) is 2.16. The van der Waals surface area contributed by atoms with Gasteiger partial charge in [-0.2, -0.15) is 0 Å². The van der Waals surface area contributed by atoms with Gasteiger partial charge in [0, 0.05) is 13.1 Å². The molecule has 1 amide bonds. The van der Waals surface area contributed by atoms with E-state index in [9.17, 15) is 9.59 Å². The first-order chi connectivity index (χ1) is 8.77. The van der Waals surface area contributed by atoms with Crippen molar-refractivity contribution in [1.82, 2.24) is 4.90 Å². The summed E-state index contributed by atoms with van der Waals surface area (Å²) in [6.07, 6.45) is 1.34. The standard InChI is InChI=1S/C14H26N2O3/c1-5-19-13(18)10-6-8-16(9-7-10)12(17)11(15)14(2,3)4/h10-11H,5-9,15H2,1-4H3. The van der Waals surface area contributed by atoms with E-state index in [4.69, 9.17) is 10.5 Å². The molecule has 0 bridgehead atoms. The van der Waals surface area contributed by atoms with Gasteiger partial charge in [-0.15, -0.1) is 0 Å². The zero-order chi connectivity index (χ0) is 14.6. The van der Waals surface area contributed by atoms with Crippen molar-refractivity contribution in [3.05, 3.63) is 0 Å². The second kappa shape index (κ2) is 6.37. The molecule has 0 aromatic rings. The molecule has 1 aliphatic heterocycles. The Bertz CT molecular complexity index is 328. The first-order valence-corrected chi connectivity index (χ1v) is 6.98. The van der Waals surface area contributed by atoms with Gasteiger partial charge in [-0.05, 0) is 25.2 Å². The Morgan fingerprint density at radius 3 is 2.26 bits per heavy atom. The van der Waals surface area contributed by atoms with Gasteiger partial charge in [-0.3, -0.25) is 9.59 Å². The number of ether oxygens (including phenoxy) is 1. The fourth-order valence-corrected chi connectivity index (χ4v) is 2.16. The maximum absolute atomic E-state index is 12.2. The molecular weight excluding hydrogens is 244 g/mol. The van der Waals surface area contributed by atoms with Gasteiger partial charge in [-0.25, -0.2) is 0 Å². The lowest BCUT2D eigenvalue weighted by Crippen LogP contribution is -2.52. The minimum Gasteiger partial charge on any atom is -0.466 e. The van der Waals surface area contributed by atoms with Crippen LogP contribution in [0, 0.1) is 11.3 Å². The molecule has 1 fully saturated rings. The van der Waals surface area contributed by atoms with E-state index >= 15 is 0 Å². The third-order valence-electron chi connectivity index (χ3n) is 3.63. The van der Waals surface area contributed by atoms with E-state index in [0.717, 1.165) is 0 Å². The van der Waals surface area contributed by atoms with E-state index in [0.29, 0.717) is 32.5 Å². The SMILES string of the molecule is CCOC(=O)C1CCN(C(=O)C(N)C(C)(C)C)CC1. The summed E-state index contributed by atoms with van der Waals surface area (Å²) in [5.41, 5.74) is 5.74. The lowest BCUT2D eigenvalue weighted by atomic mass is 9.86. The van der Waals surface area contributed by atoms with Crippen LogP contribution in [0.1, 0.15) is 40.5 Å². The highest BCUT2D eigenvalue weighted by molar-refractivity contribution is 5.83. The van der Waals surface area contributed by atoms with Crippen LogP contribution in [0.3, 0.4) is 0 Å². The second-order valence-electron chi connectivity index (χ2n) is 6.20. The molecule has 1 heterocycles. The topological polar surface area (TPSA) is 72.6 Å². The summed E-state index contributed by atoms with van der Waals surface area (Å²) in [6.45, 7) is 9.27. The van der Waals surface area contributed by atoms with Gasteiger partial charge in [0.05, 0.1) is 18.6 Å². The molecule has 19 heavy (non-hydrogen) atoms.